The van der Waals surface area contributed by atoms with Gasteiger partial charge in [0.1, 0.15) is 0 Å². The first-order valence-electron chi connectivity index (χ1n) is 7.53. The Labute approximate surface area is 147 Å². The zero-order valence-corrected chi connectivity index (χ0v) is 15.0. The third kappa shape index (κ3) is 4.77. The van der Waals surface area contributed by atoms with E-state index in [1.807, 2.05) is 43.3 Å². The van der Waals surface area contributed by atoms with E-state index in [1.165, 1.54) is 0 Å². The number of hydrogen-bond donors (Lipinski definition) is 1. The highest BCUT2D eigenvalue weighted by Crippen LogP contribution is 2.29. The summed E-state index contributed by atoms with van der Waals surface area (Å²) < 4.78 is 10.9. The quantitative estimate of drug-likeness (QED) is 0.737. The van der Waals surface area contributed by atoms with Crippen LogP contribution in [0.25, 0.3) is 0 Å². The second kappa shape index (κ2) is 8.44. The highest BCUT2D eigenvalue weighted by atomic mass is 35.5. The lowest BCUT2D eigenvalue weighted by Crippen LogP contribution is -2.18. The topological polar surface area (TPSA) is 30.5 Å². The summed E-state index contributed by atoms with van der Waals surface area (Å²) >= 11 is 12.0. The first kappa shape index (κ1) is 17.9. The molecule has 0 bridgehead atoms. The molecule has 1 N–H and O–H groups in total. The van der Waals surface area contributed by atoms with Crippen LogP contribution in [0.2, 0.25) is 10.0 Å². The molecule has 0 radical (unpaired) electrons. The maximum Gasteiger partial charge on any atom is 0.161 e. The molecule has 0 spiro atoms. The van der Waals surface area contributed by atoms with Gasteiger partial charge < -0.3 is 14.8 Å². The van der Waals surface area contributed by atoms with E-state index >= 15 is 0 Å². The molecular weight excluding hydrogens is 333 g/mol. The molecule has 0 aliphatic carbocycles. The second-order valence-electron chi connectivity index (χ2n) is 5.19. The minimum Gasteiger partial charge on any atom is -0.493 e. The first-order chi connectivity index (χ1) is 11.0. The molecule has 1 unspecified atom stereocenters. The number of halogens is 2. The molecule has 0 saturated carbocycles. The molecule has 1 atom stereocenters. The third-order valence-electron chi connectivity index (χ3n) is 3.58. The standard InChI is InChI=1S/C18H21Cl2NO2/c1-4-23-18-9-13(5-8-17(18)22-3)11-21-12(2)14-6-7-15(19)16(20)10-14/h5-10,12,21H,4,11H2,1-3H3. The van der Waals surface area contributed by atoms with Crippen LogP contribution in [-0.4, -0.2) is 13.7 Å². The molecular formula is C18H21Cl2NO2. The Morgan fingerprint density at radius 2 is 1.83 bits per heavy atom. The maximum atomic E-state index is 6.07. The maximum absolute atomic E-state index is 6.07. The summed E-state index contributed by atoms with van der Waals surface area (Å²) in [4.78, 5) is 0. The predicted octanol–water partition coefficient (Wildman–Crippen LogP) is 5.25. The largest absolute Gasteiger partial charge is 0.493 e. The average molecular weight is 354 g/mol. The van der Waals surface area contributed by atoms with Gasteiger partial charge in [0.05, 0.1) is 23.8 Å². The molecule has 5 heteroatoms. The van der Waals surface area contributed by atoms with Gasteiger partial charge in [-0.1, -0.05) is 35.3 Å². The number of rotatable bonds is 7. The fourth-order valence-corrected chi connectivity index (χ4v) is 2.58. The molecule has 0 aliphatic rings. The van der Waals surface area contributed by atoms with Crippen LogP contribution in [0, 0.1) is 0 Å². The van der Waals surface area contributed by atoms with Crippen LogP contribution >= 0.6 is 23.2 Å². The van der Waals surface area contributed by atoms with Crippen molar-refractivity contribution in [1.82, 2.24) is 5.32 Å². The molecule has 2 rings (SSSR count). The van der Waals surface area contributed by atoms with E-state index in [1.54, 1.807) is 7.11 Å². The number of methoxy groups -OCH3 is 1. The molecule has 0 amide bonds. The van der Waals surface area contributed by atoms with Crippen LogP contribution in [0.15, 0.2) is 36.4 Å². The highest BCUT2D eigenvalue weighted by Gasteiger charge is 2.09. The van der Waals surface area contributed by atoms with E-state index in [4.69, 9.17) is 32.7 Å². The van der Waals surface area contributed by atoms with Gasteiger partial charge in [-0.15, -0.1) is 0 Å². The van der Waals surface area contributed by atoms with Crippen LogP contribution < -0.4 is 14.8 Å². The summed E-state index contributed by atoms with van der Waals surface area (Å²) in [5.41, 5.74) is 2.22. The monoisotopic (exact) mass is 353 g/mol. The highest BCUT2D eigenvalue weighted by molar-refractivity contribution is 6.42. The number of benzene rings is 2. The van der Waals surface area contributed by atoms with Gasteiger partial charge in [0.25, 0.3) is 0 Å². The van der Waals surface area contributed by atoms with Crippen molar-refractivity contribution in [3.05, 3.63) is 57.6 Å². The first-order valence-corrected chi connectivity index (χ1v) is 8.28. The van der Waals surface area contributed by atoms with Gasteiger partial charge in [0.2, 0.25) is 0 Å². The molecule has 0 saturated heterocycles. The Hall–Kier alpha value is -1.42. The van der Waals surface area contributed by atoms with E-state index in [0.717, 1.165) is 22.6 Å². The van der Waals surface area contributed by atoms with Crippen LogP contribution in [0.4, 0.5) is 0 Å². The van der Waals surface area contributed by atoms with Crippen LogP contribution in [-0.2, 0) is 6.54 Å². The van der Waals surface area contributed by atoms with Crippen molar-refractivity contribution in [2.24, 2.45) is 0 Å². The zero-order chi connectivity index (χ0) is 16.8. The van der Waals surface area contributed by atoms with Crippen molar-refractivity contribution >= 4 is 23.2 Å². The Morgan fingerprint density at radius 3 is 2.48 bits per heavy atom. The van der Waals surface area contributed by atoms with E-state index in [2.05, 4.69) is 12.2 Å². The van der Waals surface area contributed by atoms with Crippen LogP contribution in [0.1, 0.15) is 31.0 Å². The lowest BCUT2D eigenvalue weighted by atomic mass is 10.1. The van der Waals surface area contributed by atoms with Gasteiger partial charge in [0.15, 0.2) is 11.5 Å². The lowest BCUT2D eigenvalue weighted by molar-refractivity contribution is 0.310. The van der Waals surface area contributed by atoms with Gasteiger partial charge in [-0.3, -0.25) is 0 Å². The average Bonchev–Trinajstić information content (AvgIpc) is 2.55. The van der Waals surface area contributed by atoms with Crippen molar-refractivity contribution in [3.8, 4) is 11.5 Å². The summed E-state index contributed by atoms with van der Waals surface area (Å²) in [5, 5.41) is 4.61. The Kier molecular flexibility index (Phi) is 6.58. The number of nitrogens with one attached hydrogen (secondary N) is 1. The number of hydrogen-bond acceptors (Lipinski definition) is 3. The van der Waals surface area contributed by atoms with Gasteiger partial charge >= 0.3 is 0 Å². The summed E-state index contributed by atoms with van der Waals surface area (Å²) in [6.45, 7) is 5.36. The van der Waals surface area contributed by atoms with Crippen molar-refractivity contribution in [1.29, 1.82) is 0 Å². The van der Waals surface area contributed by atoms with Crippen molar-refractivity contribution in [3.63, 3.8) is 0 Å². The lowest BCUT2D eigenvalue weighted by Gasteiger charge is -2.16. The van der Waals surface area contributed by atoms with E-state index in [-0.39, 0.29) is 6.04 Å². The van der Waals surface area contributed by atoms with Crippen LogP contribution in [0.3, 0.4) is 0 Å². The molecule has 0 aromatic heterocycles. The van der Waals surface area contributed by atoms with Crippen molar-refractivity contribution < 1.29 is 9.47 Å². The third-order valence-corrected chi connectivity index (χ3v) is 4.32. The summed E-state index contributed by atoms with van der Waals surface area (Å²) in [6, 6.07) is 11.8. The van der Waals surface area contributed by atoms with Crippen LogP contribution in [0.5, 0.6) is 11.5 Å². The molecule has 0 heterocycles. The fraction of sp³-hybridized carbons (Fsp3) is 0.333. The summed E-state index contributed by atoms with van der Waals surface area (Å²) in [6.07, 6.45) is 0. The van der Waals surface area contributed by atoms with Gasteiger partial charge in [-0.25, -0.2) is 0 Å². The molecule has 124 valence electrons. The summed E-state index contributed by atoms with van der Waals surface area (Å²) in [7, 11) is 1.64. The van der Waals surface area contributed by atoms with Crippen molar-refractivity contribution in [2.45, 2.75) is 26.4 Å². The Balaban J connectivity index is 2.04. The van der Waals surface area contributed by atoms with Gasteiger partial charge in [-0.2, -0.15) is 0 Å². The number of ether oxygens (including phenoxy) is 2. The van der Waals surface area contributed by atoms with Gasteiger partial charge in [0, 0.05) is 12.6 Å². The molecule has 2 aromatic carbocycles. The fourth-order valence-electron chi connectivity index (χ4n) is 2.27. The normalized spacial score (nSPS) is 12.0. The Morgan fingerprint density at radius 1 is 1.04 bits per heavy atom. The smallest absolute Gasteiger partial charge is 0.161 e. The summed E-state index contributed by atoms with van der Waals surface area (Å²) in [5.74, 6) is 1.50. The van der Waals surface area contributed by atoms with E-state index in [9.17, 15) is 0 Å². The van der Waals surface area contributed by atoms with E-state index < -0.39 is 0 Å². The zero-order valence-electron chi connectivity index (χ0n) is 13.5. The molecule has 23 heavy (non-hydrogen) atoms. The minimum atomic E-state index is 0.155. The second-order valence-corrected chi connectivity index (χ2v) is 6.01. The molecule has 2 aromatic rings. The van der Waals surface area contributed by atoms with E-state index in [0.29, 0.717) is 23.2 Å². The minimum absolute atomic E-state index is 0.155. The Bertz CT molecular complexity index is 661. The van der Waals surface area contributed by atoms with Crippen molar-refractivity contribution in [2.75, 3.05) is 13.7 Å². The van der Waals surface area contributed by atoms with Gasteiger partial charge in [-0.05, 0) is 49.2 Å². The molecule has 0 aliphatic heterocycles. The molecule has 3 nitrogen and oxygen atoms in total. The molecule has 0 fully saturated rings. The predicted molar refractivity (Wildman–Crippen MR) is 95.9 cm³/mol. The SMILES string of the molecule is CCOc1cc(CNC(C)c2ccc(Cl)c(Cl)c2)ccc1OC.